The Morgan fingerprint density at radius 1 is 0.957 bits per heavy atom. The number of nitrogens with two attached hydrogens (primary N) is 1. The van der Waals surface area contributed by atoms with Gasteiger partial charge in [0.25, 0.3) is 11.6 Å². The zero-order valence-electron chi connectivity index (χ0n) is 25.8. The second-order valence-electron chi connectivity index (χ2n) is 10.5. The third kappa shape index (κ3) is 7.89. The van der Waals surface area contributed by atoms with Gasteiger partial charge in [0, 0.05) is 41.6 Å². The maximum atomic E-state index is 14.2. The number of amides is 1. The number of halogens is 3. The van der Waals surface area contributed by atoms with Crippen molar-refractivity contribution in [3.63, 3.8) is 0 Å². The maximum Gasteiger partial charge on any atom is 0.491 e. The Morgan fingerprint density at radius 2 is 1.74 bits per heavy atom. The summed E-state index contributed by atoms with van der Waals surface area (Å²) >= 11 is 0. The Kier molecular flexibility index (Phi) is 10.5. The number of aromatic nitrogens is 1. The quantitative estimate of drug-likeness (QED) is 0.101. The first-order valence-corrected chi connectivity index (χ1v) is 14.6. The van der Waals surface area contributed by atoms with E-state index in [9.17, 15) is 22.8 Å². The summed E-state index contributed by atoms with van der Waals surface area (Å²) in [5.41, 5.74) is 4.68. The molecule has 0 radical (unpaired) electrons. The molecule has 1 amide bonds. The topological polar surface area (TPSA) is 137 Å². The SMILES string of the molecule is CCNc1cccc(CNC(=O)C(Nc2ccc3c(N)nccc3c2)(OC(=O)C(F)(F)F)c2ccc(OC(C)C)c(OCC)c2)c1. The van der Waals surface area contributed by atoms with E-state index in [0.29, 0.717) is 22.9 Å². The second kappa shape index (κ2) is 14.3. The molecule has 4 rings (SSSR count). The first-order valence-electron chi connectivity index (χ1n) is 14.6. The highest BCUT2D eigenvalue weighted by molar-refractivity contribution is 5.95. The number of nitrogen functional groups attached to an aromatic ring is 1. The fourth-order valence-electron chi connectivity index (χ4n) is 4.72. The fraction of sp³-hybridized carbons (Fsp3) is 0.303. The van der Waals surface area contributed by atoms with Crippen LogP contribution in [-0.4, -0.2) is 42.3 Å². The van der Waals surface area contributed by atoms with Gasteiger partial charge in [0.2, 0.25) is 0 Å². The van der Waals surface area contributed by atoms with Crippen LogP contribution in [0.3, 0.4) is 0 Å². The molecule has 3 aromatic carbocycles. The van der Waals surface area contributed by atoms with E-state index in [0.717, 1.165) is 5.69 Å². The molecule has 0 saturated carbocycles. The summed E-state index contributed by atoms with van der Waals surface area (Å²) in [4.78, 5) is 30.8. The molecule has 46 heavy (non-hydrogen) atoms. The molecule has 0 saturated heterocycles. The van der Waals surface area contributed by atoms with E-state index in [4.69, 9.17) is 19.9 Å². The number of hydrogen-bond donors (Lipinski definition) is 4. The Morgan fingerprint density at radius 3 is 2.43 bits per heavy atom. The molecule has 1 unspecified atom stereocenters. The largest absolute Gasteiger partial charge is 0.491 e. The summed E-state index contributed by atoms with van der Waals surface area (Å²) in [6, 6.07) is 17.5. The number of carbonyl (C=O) groups is 2. The smallest absolute Gasteiger partial charge is 0.490 e. The number of benzene rings is 3. The third-order valence-corrected chi connectivity index (χ3v) is 6.69. The molecule has 244 valence electrons. The lowest BCUT2D eigenvalue weighted by Gasteiger charge is -2.34. The van der Waals surface area contributed by atoms with Gasteiger partial charge in [-0.3, -0.25) is 4.79 Å². The summed E-state index contributed by atoms with van der Waals surface area (Å²) in [6.07, 6.45) is -4.23. The van der Waals surface area contributed by atoms with E-state index in [1.807, 2.05) is 13.0 Å². The Balaban J connectivity index is 1.88. The Hall–Kier alpha value is -5.20. The number of rotatable bonds is 13. The number of hydrogen-bond acceptors (Lipinski definition) is 9. The molecule has 13 heteroatoms. The van der Waals surface area contributed by atoms with Crippen LogP contribution in [-0.2, 0) is 26.6 Å². The maximum absolute atomic E-state index is 14.2. The van der Waals surface area contributed by atoms with Crippen LogP contribution in [0.2, 0.25) is 0 Å². The summed E-state index contributed by atoms with van der Waals surface area (Å²) in [5.74, 6) is -3.01. The van der Waals surface area contributed by atoms with Gasteiger partial charge >= 0.3 is 12.1 Å². The van der Waals surface area contributed by atoms with E-state index in [2.05, 4.69) is 20.9 Å². The molecule has 5 N–H and O–H groups in total. The summed E-state index contributed by atoms with van der Waals surface area (Å²) in [7, 11) is 0. The van der Waals surface area contributed by atoms with E-state index in [1.165, 1.54) is 30.5 Å². The highest BCUT2D eigenvalue weighted by Crippen LogP contribution is 2.38. The van der Waals surface area contributed by atoms with Gasteiger partial charge in [-0.1, -0.05) is 12.1 Å². The normalized spacial score (nSPS) is 12.7. The second-order valence-corrected chi connectivity index (χ2v) is 10.5. The first-order chi connectivity index (χ1) is 21.9. The first kappa shape index (κ1) is 33.7. The number of pyridine rings is 1. The van der Waals surface area contributed by atoms with Gasteiger partial charge < -0.3 is 35.9 Å². The van der Waals surface area contributed by atoms with Gasteiger partial charge in [-0.2, -0.15) is 13.2 Å². The van der Waals surface area contributed by atoms with Crippen LogP contribution in [0.25, 0.3) is 10.8 Å². The van der Waals surface area contributed by atoms with Gasteiger partial charge in [-0.15, -0.1) is 0 Å². The molecule has 0 aliphatic rings. The Bertz CT molecular complexity index is 1700. The lowest BCUT2D eigenvalue weighted by atomic mass is 9.99. The van der Waals surface area contributed by atoms with Crippen LogP contribution in [0.15, 0.2) is 72.9 Å². The van der Waals surface area contributed by atoms with Gasteiger partial charge in [0.15, 0.2) is 11.5 Å². The van der Waals surface area contributed by atoms with Gasteiger partial charge in [0.1, 0.15) is 5.82 Å². The fourth-order valence-corrected chi connectivity index (χ4v) is 4.72. The zero-order chi connectivity index (χ0) is 33.5. The van der Waals surface area contributed by atoms with E-state index >= 15 is 0 Å². The van der Waals surface area contributed by atoms with Crippen LogP contribution in [0.5, 0.6) is 11.5 Å². The summed E-state index contributed by atoms with van der Waals surface area (Å²) in [5, 5.41) is 9.76. The Labute approximate surface area is 264 Å². The molecular weight excluding hydrogens is 603 g/mol. The van der Waals surface area contributed by atoms with Crippen molar-refractivity contribution >= 4 is 39.8 Å². The number of alkyl halides is 3. The molecule has 0 aliphatic carbocycles. The summed E-state index contributed by atoms with van der Waals surface area (Å²) < 4.78 is 58.2. The minimum absolute atomic E-state index is 0.0994. The molecule has 0 bridgehead atoms. The van der Waals surface area contributed by atoms with Crippen LogP contribution in [0, 0.1) is 0 Å². The lowest BCUT2D eigenvalue weighted by Crippen LogP contribution is -2.54. The molecular formula is C33H36F3N5O5. The van der Waals surface area contributed by atoms with E-state index < -0.39 is 23.8 Å². The van der Waals surface area contributed by atoms with Crippen molar-refractivity contribution in [2.45, 2.75) is 52.2 Å². The van der Waals surface area contributed by atoms with Crippen molar-refractivity contribution in [1.82, 2.24) is 10.3 Å². The van der Waals surface area contributed by atoms with Crippen LogP contribution >= 0.6 is 0 Å². The average molecular weight is 640 g/mol. The van der Waals surface area contributed by atoms with Crippen molar-refractivity contribution < 1.29 is 37.0 Å². The van der Waals surface area contributed by atoms with Crippen LogP contribution in [0.4, 0.5) is 30.4 Å². The molecule has 0 fully saturated rings. The number of nitrogens with one attached hydrogen (secondary N) is 3. The van der Waals surface area contributed by atoms with Crippen molar-refractivity contribution in [2.24, 2.45) is 0 Å². The number of ether oxygens (including phenoxy) is 3. The molecule has 4 aromatic rings. The number of nitrogens with zero attached hydrogens (tertiary/aromatic N) is 1. The average Bonchev–Trinajstić information content (AvgIpc) is 3.00. The molecule has 0 aliphatic heterocycles. The van der Waals surface area contributed by atoms with Crippen molar-refractivity contribution in [3.05, 3.63) is 84.1 Å². The number of anilines is 3. The highest BCUT2D eigenvalue weighted by atomic mass is 19.4. The number of fused-ring (bicyclic) bond motifs is 1. The minimum atomic E-state index is -5.43. The molecule has 10 nitrogen and oxygen atoms in total. The van der Waals surface area contributed by atoms with Crippen molar-refractivity contribution in [2.75, 3.05) is 29.5 Å². The predicted molar refractivity (Wildman–Crippen MR) is 169 cm³/mol. The molecule has 1 aromatic heterocycles. The monoisotopic (exact) mass is 639 g/mol. The lowest BCUT2D eigenvalue weighted by molar-refractivity contribution is -0.213. The van der Waals surface area contributed by atoms with Gasteiger partial charge in [-0.05, 0) is 93.2 Å². The number of carbonyl (C=O) groups excluding carboxylic acids is 2. The van der Waals surface area contributed by atoms with Crippen molar-refractivity contribution in [1.29, 1.82) is 0 Å². The third-order valence-electron chi connectivity index (χ3n) is 6.69. The molecule has 1 heterocycles. The van der Waals surface area contributed by atoms with Crippen LogP contribution in [0.1, 0.15) is 38.8 Å². The zero-order valence-corrected chi connectivity index (χ0v) is 25.8. The van der Waals surface area contributed by atoms with E-state index in [-0.39, 0.29) is 47.8 Å². The molecule has 1 atom stereocenters. The van der Waals surface area contributed by atoms with E-state index in [1.54, 1.807) is 57.2 Å². The highest BCUT2D eigenvalue weighted by Gasteiger charge is 2.52. The minimum Gasteiger partial charge on any atom is -0.490 e. The summed E-state index contributed by atoms with van der Waals surface area (Å²) in [6.45, 7) is 7.96. The van der Waals surface area contributed by atoms with Crippen molar-refractivity contribution in [3.8, 4) is 11.5 Å². The predicted octanol–water partition coefficient (Wildman–Crippen LogP) is 6.12. The van der Waals surface area contributed by atoms with Crippen LogP contribution < -0.4 is 31.2 Å². The number of esters is 1. The standard InChI is InChI=1S/C33H36F3N5O5/c1-5-38-24-9-7-8-21(16-24)19-40-30(42)32(46-31(43)33(34,35)36,23-10-13-27(45-20(3)4)28(18-23)44-6-2)41-25-11-12-26-22(17-25)14-15-39-29(26)37/h7-18,20,38,41H,5-6,19H2,1-4H3,(H2,37,39)(H,40,42). The van der Waals surface area contributed by atoms with Gasteiger partial charge in [-0.25, -0.2) is 9.78 Å². The van der Waals surface area contributed by atoms with Gasteiger partial charge in [0.05, 0.1) is 12.7 Å². The molecule has 0 spiro atoms.